The van der Waals surface area contributed by atoms with Gasteiger partial charge in [-0.1, -0.05) is 19.9 Å². The van der Waals surface area contributed by atoms with Gasteiger partial charge in [-0.25, -0.2) is 0 Å². The molecule has 0 N–H and O–H groups in total. The minimum Gasteiger partial charge on any atom is -0.493 e. The molecule has 4 heteroatoms. The lowest BCUT2D eigenvalue weighted by Gasteiger charge is -2.35. The first-order valence-corrected chi connectivity index (χ1v) is 7.77. The second-order valence-corrected chi connectivity index (χ2v) is 5.81. The Balaban J connectivity index is 2.02. The van der Waals surface area contributed by atoms with Crippen LogP contribution in [-0.2, 0) is 11.3 Å². The van der Waals surface area contributed by atoms with E-state index in [0.29, 0.717) is 18.6 Å². The van der Waals surface area contributed by atoms with E-state index in [1.54, 1.807) is 7.11 Å². The maximum atomic E-state index is 5.82. The maximum Gasteiger partial charge on any atom is 0.161 e. The van der Waals surface area contributed by atoms with Gasteiger partial charge >= 0.3 is 0 Å². The maximum absolute atomic E-state index is 5.82. The quantitative estimate of drug-likeness (QED) is 0.807. The third-order valence-electron chi connectivity index (χ3n) is 3.86. The molecule has 1 aliphatic heterocycles. The molecule has 1 fully saturated rings. The van der Waals surface area contributed by atoms with Crippen LogP contribution < -0.4 is 9.47 Å². The van der Waals surface area contributed by atoms with Crippen LogP contribution in [0.25, 0.3) is 0 Å². The Bertz CT molecular complexity index is 448. The average molecular weight is 293 g/mol. The average Bonchev–Trinajstić information content (AvgIpc) is 2.49. The predicted octanol–water partition coefficient (Wildman–Crippen LogP) is 2.95. The molecule has 1 aromatic carbocycles. The fraction of sp³-hybridized carbons (Fsp3) is 0.647. The molecule has 0 bridgehead atoms. The van der Waals surface area contributed by atoms with Crippen molar-refractivity contribution >= 4 is 0 Å². The number of methoxy groups -OCH3 is 1. The first kappa shape index (κ1) is 16.1. The second kappa shape index (κ2) is 7.66. The van der Waals surface area contributed by atoms with Crippen molar-refractivity contribution in [3.05, 3.63) is 23.8 Å². The van der Waals surface area contributed by atoms with Gasteiger partial charge in [-0.2, -0.15) is 0 Å². The van der Waals surface area contributed by atoms with Crippen molar-refractivity contribution in [2.75, 3.05) is 33.4 Å². The molecule has 0 saturated carbocycles. The largest absolute Gasteiger partial charge is 0.493 e. The van der Waals surface area contributed by atoms with Gasteiger partial charge < -0.3 is 14.2 Å². The molecule has 0 spiro atoms. The van der Waals surface area contributed by atoms with Crippen LogP contribution >= 0.6 is 0 Å². The highest BCUT2D eigenvalue weighted by molar-refractivity contribution is 5.42. The van der Waals surface area contributed by atoms with E-state index in [2.05, 4.69) is 30.9 Å². The zero-order valence-electron chi connectivity index (χ0n) is 13.6. The molecule has 21 heavy (non-hydrogen) atoms. The number of morpholine rings is 1. The Labute approximate surface area is 128 Å². The van der Waals surface area contributed by atoms with Crippen molar-refractivity contribution in [1.29, 1.82) is 0 Å². The van der Waals surface area contributed by atoms with E-state index in [1.807, 2.05) is 13.0 Å². The molecule has 0 aromatic heterocycles. The van der Waals surface area contributed by atoms with Gasteiger partial charge in [0.25, 0.3) is 0 Å². The summed E-state index contributed by atoms with van der Waals surface area (Å²) in [4.78, 5) is 2.45. The third-order valence-corrected chi connectivity index (χ3v) is 3.86. The van der Waals surface area contributed by atoms with Crippen LogP contribution in [0.4, 0.5) is 0 Å². The minimum absolute atomic E-state index is 0.336. The van der Waals surface area contributed by atoms with Crippen molar-refractivity contribution in [2.24, 2.45) is 5.92 Å². The number of rotatable bonds is 6. The Morgan fingerprint density at radius 2 is 2.14 bits per heavy atom. The first-order chi connectivity index (χ1) is 10.1. The molecule has 2 rings (SSSR count). The van der Waals surface area contributed by atoms with Crippen LogP contribution in [0.1, 0.15) is 26.3 Å². The SMILES string of the molecule is CCOc1ccc(CN2CCO[C@@H](C(C)C)C2)cc1OC. The minimum atomic E-state index is 0.336. The topological polar surface area (TPSA) is 30.9 Å². The first-order valence-electron chi connectivity index (χ1n) is 7.77. The Hall–Kier alpha value is -1.26. The van der Waals surface area contributed by atoms with Gasteiger partial charge in [0.15, 0.2) is 11.5 Å². The molecule has 1 aliphatic rings. The second-order valence-electron chi connectivity index (χ2n) is 5.81. The summed E-state index contributed by atoms with van der Waals surface area (Å²) < 4.78 is 16.8. The van der Waals surface area contributed by atoms with E-state index in [0.717, 1.165) is 37.7 Å². The molecule has 0 amide bonds. The third kappa shape index (κ3) is 4.35. The van der Waals surface area contributed by atoms with Crippen LogP contribution in [0, 0.1) is 5.92 Å². The summed E-state index contributed by atoms with van der Waals surface area (Å²) in [7, 11) is 1.69. The zero-order chi connectivity index (χ0) is 15.2. The normalized spacial score (nSPS) is 19.8. The number of nitrogens with zero attached hydrogens (tertiary/aromatic N) is 1. The lowest BCUT2D eigenvalue weighted by atomic mass is 10.1. The fourth-order valence-electron chi connectivity index (χ4n) is 2.62. The fourth-order valence-corrected chi connectivity index (χ4v) is 2.62. The molecule has 118 valence electrons. The molecule has 4 nitrogen and oxygen atoms in total. The Morgan fingerprint density at radius 3 is 2.81 bits per heavy atom. The van der Waals surface area contributed by atoms with E-state index in [-0.39, 0.29) is 0 Å². The van der Waals surface area contributed by atoms with Gasteiger partial charge in [0.05, 0.1) is 26.4 Å². The van der Waals surface area contributed by atoms with E-state index in [1.165, 1.54) is 5.56 Å². The summed E-state index contributed by atoms with van der Waals surface area (Å²) in [5.41, 5.74) is 1.25. The molecule has 0 radical (unpaired) electrons. The lowest BCUT2D eigenvalue weighted by molar-refractivity contribution is -0.0529. The highest BCUT2D eigenvalue weighted by Gasteiger charge is 2.23. The molecule has 1 atom stereocenters. The summed E-state index contributed by atoms with van der Waals surface area (Å²) >= 11 is 0. The van der Waals surface area contributed by atoms with Crippen LogP contribution in [-0.4, -0.2) is 44.4 Å². The van der Waals surface area contributed by atoms with Gasteiger partial charge in [-0.3, -0.25) is 4.90 Å². The van der Waals surface area contributed by atoms with Crippen molar-refractivity contribution in [1.82, 2.24) is 4.90 Å². The molecular formula is C17H27NO3. The molecule has 1 heterocycles. The molecular weight excluding hydrogens is 266 g/mol. The van der Waals surface area contributed by atoms with Gasteiger partial charge in [0, 0.05) is 19.6 Å². The van der Waals surface area contributed by atoms with Crippen LogP contribution in [0.15, 0.2) is 18.2 Å². The summed E-state index contributed by atoms with van der Waals surface area (Å²) in [6.45, 7) is 10.8. The highest BCUT2D eigenvalue weighted by Crippen LogP contribution is 2.28. The van der Waals surface area contributed by atoms with Crippen molar-refractivity contribution < 1.29 is 14.2 Å². The predicted molar refractivity (Wildman–Crippen MR) is 84.0 cm³/mol. The van der Waals surface area contributed by atoms with Gasteiger partial charge in [-0.05, 0) is 30.5 Å². The Morgan fingerprint density at radius 1 is 1.33 bits per heavy atom. The van der Waals surface area contributed by atoms with Crippen molar-refractivity contribution in [3.8, 4) is 11.5 Å². The summed E-state index contributed by atoms with van der Waals surface area (Å²) in [6, 6.07) is 6.19. The van der Waals surface area contributed by atoms with E-state index in [4.69, 9.17) is 14.2 Å². The summed E-state index contributed by atoms with van der Waals surface area (Å²) in [5.74, 6) is 2.18. The van der Waals surface area contributed by atoms with Crippen molar-refractivity contribution in [3.63, 3.8) is 0 Å². The van der Waals surface area contributed by atoms with Crippen LogP contribution in [0.2, 0.25) is 0 Å². The number of hydrogen-bond donors (Lipinski definition) is 0. The highest BCUT2D eigenvalue weighted by atomic mass is 16.5. The smallest absolute Gasteiger partial charge is 0.161 e. The summed E-state index contributed by atoms with van der Waals surface area (Å²) in [5, 5.41) is 0. The van der Waals surface area contributed by atoms with Gasteiger partial charge in [0.1, 0.15) is 0 Å². The number of ether oxygens (including phenoxy) is 3. The molecule has 1 aromatic rings. The van der Waals surface area contributed by atoms with E-state index < -0.39 is 0 Å². The molecule has 1 saturated heterocycles. The molecule has 0 unspecified atom stereocenters. The van der Waals surface area contributed by atoms with Gasteiger partial charge in [0.2, 0.25) is 0 Å². The number of hydrogen-bond acceptors (Lipinski definition) is 4. The zero-order valence-corrected chi connectivity index (χ0v) is 13.6. The molecule has 0 aliphatic carbocycles. The standard InChI is InChI=1S/C17H27NO3/c1-5-20-15-7-6-14(10-16(15)19-4)11-18-8-9-21-17(12-18)13(2)3/h6-7,10,13,17H,5,8-9,11-12H2,1-4H3/t17-/m1/s1. The Kier molecular flexibility index (Phi) is 5.88. The lowest BCUT2D eigenvalue weighted by Crippen LogP contribution is -2.44. The van der Waals surface area contributed by atoms with E-state index >= 15 is 0 Å². The number of benzene rings is 1. The monoisotopic (exact) mass is 293 g/mol. The van der Waals surface area contributed by atoms with Crippen LogP contribution in [0.5, 0.6) is 11.5 Å². The van der Waals surface area contributed by atoms with Crippen LogP contribution in [0.3, 0.4) is 0 Å². The van der Waals surface area contributed by atoms with E-state index in [9.17, 15) is 0 Å². The van der Waals surface area contributed by atoms with Gasteiger partial charge in [-0.15, -0.1) is 0 Å². The van der Waals surface area contributed by atoms with Crippen molar-refractivity contribution in [2.45, 2.75) is 33.4 Å². The summed E-state index contributed by atoms with van der Waals surface area (Å²) in [6.07, 6.45) is 0.336.